The first-order valence-corrected chi connectivity index (χ1v) is 3.56. The van der Waals surface area contributed by atoms with Gasteiger partial charge < -0.3 is 10.8 Å². The summed E-state index contributed by atoms with van der Waals surface area (Å²) < 4.78 is 0. The van der Waals surface area contributed by atoms with Gasteiger partial charge in [-0.3, -0.25) is 0 Å². The maximum absolute atomic E-state index is 10.5. The van der Waals surface area contributed by atoms with E-state index in [-0.39, 0.29) is 16.4 Å². The fraction of sp³-hybridized carbons (Fsp3) is 0.143. The summed E-state index contributed by atoms with van der Waals surface area (Å²) in [6, 6.07) is 1.29. The lowest BCUT2D eigenvalue weighted by Gasteiger charge is -2.02. The summed E-state index contributed by atoms with van der Waals surface area (Å²) in [6.07, 6.45) is 0. The maximum atomic E-state index is 10.5. The van der Waals surface area contributed by atoms with E-state index in [1.54, 1.807) is 6.92 Å². The standard InChI is InChI=1S/C7H7ClN2O2/c1-3-4(7(11)12)2-5(8)6(9)10-3/h2H,1H3,(H2,9,10)(H,11,12). The predicted molar refractivity (Wildman–Crippen MR) is 45.4 cm³/mol. The second-order valence-electron chi connectivity index (χ2n) is 2.29. The van der Waals surface area contributed by atoms with Crippen molar-refractivity contribution in [3.8, 4) is 0 Å². The molecule has 5 heteroatoms. The van der Waals surface area contributed by atoms with Crippen LogP contribution in [0.5, 0.6) is 0 Å². The Kier molecular flexibility index (Phi) is 2.19. The van der Waals surface area contributed by atoms with Crippen molar-refractivity contribution in [2.45, 2.75) is 6.92 Å². The first kappa shape index (κ1) is 8.80. The molecule has 0 atom stereocenters. The fourth-order valence-corrected chi connectivity index (χ4v) is 0.967. The van der Waals surface area contributed by atoms with Crippen LogP contribution < -0.4 is 5.73 Å². The molecular formula is C7H7ClN2O2. The van der Waals surface area contributed by atoms with Gasteiger partial charge in [-0.15, -0.1) is 0 Å². The average Bonchev–Trinajstić information content (AvgIpc) is 1.96. The number of hydrogen-bond donors (Lipinski definition) is 2. The van der Waals surface area contributed by atoms with Crippen LogP contribution in [-0.2, 0) is 0 Å². The first-order valence-electron chi connectivity index (χ1n) is 3.18. The smallest absolute Gasteiger partial charge is 0.337 e. The third kappa shape index (κ3) is 1.48. The van der Waals surface area contributed by atoms with Gasteiger partial charge in [0.1, 0.15) is 5.82 Å². The Bertz CT molecular complexity index is 338. The topological polar surface area (TPSA) is 76.2 Å². The van der Waals surface area contributed by atoms with E-state index in [2.05, 4.69) is 4.98 Å². The number of carboxylic acid groups (broad SMARTS) is 1. The van der Waals surface area contributed by atoms with Crippen molar-refractivity contribution >= 4 is 23.4 Å². The van der Waals surface area contributed by atoms with Crippen LogP contribution >= 0.6 is 11.6 Å². The van der Waals surface area contributed by atoms with Gasteiger partial charge in [0.05, 0.1) is 16.3 Å². The van der Waals surface area contributed by atoms with E-state index < -0.39 is 5.97 Å². The van der Waals surface area contributed by atoms with Gasteiger partial charge in [-0.1, -0.05) is 11.6 Å². The number of nitrogen functional groups attached to an aromatic ring is 1. The highest BCUT2D eigenvalue weighted by atomic mass is 35.5. The lowest BCUT2D eigenvalue weighted by molar-refractivity contribution is 0.0695. The Morgan fingerprint density at radius 1 is 1.75 bits per heavy atom. The number of carboxylic acids is 1. The number of hydrogen-bond acceptors (Lipinski definition) is 3. The molecule has 0 fully saturated rings. The van der Waals surface area contributed by atoms with Crippen molar-refractivity contribution in [1.29, 1.82) is 0 Å². The van der Waals surface area contributed by atoms with Crippen LogP contribution in [0.15, 0.2) is 6.07 Å². The molecule has 1 aromatic rings. The number of pyridine rings is 1. The van der Waals surface area contributed by atoms with E-state index in [1.165, 1.54) is 6.07 Å². The Morgan fingerprint density at radius 3 is 2.83 bits per heavy atom. The van der Waals surface area contributed by atoms with Crippen molar-refractivity contribution in [3.63, 3.8) is 0 Å². The third-order valence-electron chi connectivity index (χ3n) is 1.42. The Labute approximate surface area is 74.0 Å². The van der Waals surface area contributed by atoms with Crippen molar-refractivity contribution in [1.82, 2.24) is 4.98 Å². The highest BCUT2D eigenvalue weighted by molar-refractivity contribution is 6.33. The quantitative estimate of drug-likeness (QED) is 0.694. The number of anilines is 1. The summed E-state index contributed by atoms with van der Waals surface area (Å²) in [5, 5.41) is 8.81. The molecule has 1 aromatic heterocycles. The van der Waals surface area contributed by atoms with Gasteiger partial charge in [0.15, 0.2) is 0 Å². The van der Waals surface area contributed by atoms with Crippen molar-refractivity contribution in [2.75, 3.05) is 5.73 Å². The van der Waals surface area contributed by atoms with Gasteiger partial charge in [-0.05, 0) is 13.0 Å². The summed E-state index contributed by atoms with van der Waals surface area (Å²) in [6.45, 7) is 1.57. The Balaban J connectivity index is 3.33. The summed E-state index contributed by atoms with van der Waals surface area (Å²) in [4.78, 5) is 14.3. The van der Waals surface area contributed by atoms with Crippen LogP contribution in [0.25, 0.3) is 0 Å². The van der Waals surface area contributed by atoms with E-state index in [0.29, 0.717) is 5.69 Å². The Morgan fingerprint density at radius 2 is 2.33 bits per heavy atom. The molecule has 0 amide bonds. The van der Waals surface area contributed by atoms with Gasteiger partial charge >= 0.3 is 5.97 Å². The summed E-state index contributed by atoms with van der Waals surface area (Å²) in [5.41, 5.74) is 5.80. The molecule has 12 heavy (non-hydrogen) atoms. The van der Waals surface area contributed by atoms with Crippen molar-refractivity contribution in [3.05, 3.63) is 22.3 Å². The number of nitrogens with zero attached hydrogens (tertiary/aromatic N) is 1. The number of carbonyl (C=O) groups is 1. The minimum absolute atomic E-state index is 0.0780. The molecular weight excluding hydrogens is 180 g/mol. The lowest BCUT2D eigenvalue weighted by atomic mass is 10.2. The highest BCUT2D eigenvalue weighted by Crippen LogP contribution is 2.19. The van der Waals surface area contributed by atoms with Crippen LogP contribution in [-0.4, -0.2) is 16.1 Å². The molecule has 0 bridgehead atoms. The zero-order valence-electron chi connectivity index (χ0n) is 6.34. The van der Waals surface area contributed by atoms with E-state index in [1.807, 2.05) is 0 Å². The molecule has 0 saturated heterocycles. The lowest BCUT2D eigenvalue weighted by Crippen LogP contribution is -2.04. The summed E-state index contributed by atoms with van der Waals surface area (Å²) in [5.74, 6) is -0.902. The van der Waals surface area contributed by atoms with Crippen LogP contribution in [0, 0.1) is 6.92 Å². The van der Waals surface area contributed by atoms with E-state index >= 15 is 0 Å². The molecule has 3 N–H and O–H groups in total. The second kappa shape index (κ2) is 2.98. The molecule has 1 heterocycles. The van der Waals surface area contributed by atoms with Crippen LogP contribution in [0.1, 0.15) is 16.1 Å². The van der Waals surface area contributed by atoms with E-state index in [9.17, 15) is 4.79 Å². The van der Waals surface area contributed by atoms with Crippen LogP contribution in [0.3, 0.4) is 0 Å². The van der Waals surface area contributed by atoms with Crippen LogP contribution in [0.2, 0.25) is 5.02 Å². The maximum Gasteiger partial charge on any atom is 0.337 e. The van der Waals surface area contributed by atoms with Gasteiger partial charge in [0.2, 0.25) is 0 Å². The first-order chi connectivity index (χ1) is 5.52. The minimum atomic E-state index is -1.05. The van der Waals surface area contributed by atoms with Gasteiger partial charge in [0.25, 0.3) is 0 Å². The van der Waals surface area contributed by atoms with Gasteiger partial charge in [-0.25, -0.2) is 9.78 Å². The van der Waals surface area contributed by atoms with E-state index in [4.69, 9.17) is 22.4 Å². The Hall–Kier alpha value is -1.29. The van der Waals surface area contributed by atoms with E-state index in [0.717, 1.165) is 0 Å². The number of nitrogens with two attached hydrogens (primary N) is 1. The molecule has 0 saturated carbocycles. The molecule has 0 aliphatic rings. The largest absolute Gasteiger partial charge is 0.478 e. The molecule has 64 valence electrons. The molecule has 0 aromatic carbocycles. The minimum Gasteiger partial charge on any atom is -0.478 e. The monoisotopic (exact) mass is 186 g/mol. The molecule has 0 aliphatic carbocycles. The summed E-state index contributed by atoms with van der Waals surface area (Å²) >= 11 is 5.58. The normalized spacial score (nSPS) is 9.83. The summed E-state index contributed by atoms with van der Waals surface area (Å²) in [7, 11) is 0. The number of rotatable bonds is 1. The SMILES string of the molecule is Cc1nc(N)c(Cl)cc1C(=O)O. The zero-order valence-corrected chi connectivity index (χ0v) is 7.09. The highest BCUT2D eigenvalue weighted by Gasteiger charge is 2.10. The van der Waals surface area contributed by atoms with Crippen molar-refractivity contribution in [2.24, 2.45) is 0 Å². The van der Waals surface area contributed by atoms with Crippen LogP contribution in [0.4, 0.5) is 5.82 Å². The zero-order chi connectivity index (χ0) is 9.30. The average molecular weight is 187 g/mol. The number of aryl methyl sites for hydroxylation is 1. The molecule has 0 unspecified atom stereocenters. The van der Waals surface area contributed by atoms with Gasteiger partial charge in [0, 0.05) is 0 Å². The third-order valence-corrected chi connectivity index (χ3v) is 1.73. The molecule has 0 aliphatic heterocycles. The molecule has 0 spiro atoms. The molecule has 0 radical (unpaired) electrons. The second-order valence-corrected chi connectivity index (χ2v) is 2.70. The predicted octanol–water partition coefficient (Wildman–Crippen LogP) is 1.32. The number of aromatic nitrogens is 1. The number of halogens is 1. The number of aromatic carboxylic acids is 1. The van der Waals surface area contributed by atoms with Gasteiger partial charge in [-0.2, -0.15) is 0 Å². The fourth-order valence-electron chi connectivity index (χ4n) is 0.816. The molecule has 1 rings (SSSR count). The van der Waals surface area contributed by atoms with Crippen molar-refractivity contribution < 1.29 is 9.90 Å². The molecule has 4 nitrogen and oxygen atoms in total.